The van der Waals surface area contributed by atoms with Crippen molar-refractivity contribution in [2.75, 3.05) is 18.5 Å². The Morgan fingerprint density at radius 1 is 1.65 bits per heavy atom. The Labute approximate surface area is 99.2 Å². The first kappa shape index (κ1) is 11.6. The van der Waals surface area contributed by atoms with Crippen LogP contribution in [0.25, 0.3) is 0 Å². The van der Waals surface area contributed by atoms with E-state index in [2.05, 4.69) is 10.4 Å². The van der Waals surface area contributed by atoms with Gasteiger partial charge in [0.2, 0.25) is 5.91 Å². The van der Waals surface area contributed by atoms with Gasteiger partial charge >= 0.3 is 0 Å². The van der Waals surface area contributed by atoms with Crippen molar-refractivity contribution in [1.29, 1.82) is 5.26 Å². The van der Waals surface area contributed by atoms with Gasteiger partial charge in [-0.15, -0.1) is 0 Å². The predicted molar refractivity (Wildman–Crippen MR) is 60.1 cm³/mol. The third-order valence-electron chi connectivity index (χ3n) is 2.89. The van der Waals surface area contributed by atoms with Gasteiger partial charge < -0.3 is 10.1 Å². The number of carbonyl (C=O) groups excluding carboxylic acids is 1. The van der Waals surface area contributed by atoms with Crippen LogP contribution in [-0.2, 0) is 16.6 Å². The second-order valence-electron chi connectivity index (χ2n) is 4.02. The fourth-order valence-corrected chi connectivity index (χ4v) is 1.85. The summed E-state index contributed by atoms with van der Waals surface area (Å²) in [5.41, 5.74) is 0.382. The molecule has 0 unspecified atom stereocenters. The van der Waals surface area contributed by atoms with Crippen molar-refractivity contribution in [2.45, 2.75) is 12.8 Å². The number of amides is 1. The summed E-state index contributed by atoms with van der Waals surface area (Å²) in [5.74, 6) is 0.364. The fraction of sp³-hybridized carbons (Fsp3) is 0.545. The van der Waals surface area contributed by atoms with Gasteiger partial charge in [0.1, 0.15) is 17.5 Å². The van der Waals surface area contributed by atoms with Crippen LogP contribution in [0.15, 0.2) is 6.20 Å². The first-order valence-electron chi connectivity index (χ1n) is 5.53. The van der Waals surface area contributed by atoms with Gasteiger partial charge in [-0.1, -0.05) is 0 Å². The van der Waals surface area contributed by atoms with Crippen molar-refractivity contribution in [1.82, 2.24) is 9.78 Å². The number of hydrogen-bond acceptors (Lipinski definition) is 4. The smallest absolute Gasteiger partial charge is 0.228 e. The minimum absolute atomic E-state index is 0.0369. The lowest BCUT2D eigenvalue weighted by atomic mass is 9.99. The first-order chi connectivity index (χ1) is 8.22. The number of nitrogens with zero attached hydrogens (tertiary/aromatic N) is 3. The molecule has 1 fully saturated rings. The molecule has 17 heavy (non-hydrogen) atoms. The molecule has 0 bridgehead atoms. The molecule has 1 saturated heterocycles. The molecule has 0 saturated carbocycles. The molecule has 0 atom stereocenters. The van der Waals surface area contributed by atoms with Gasteiger partial charge in [-0.3, -0.25) is 9.48 Å². The van der Waals surface area contributed by atoms with Gasteiger partial charge in [-0.2, -0.15) is 10.4 Å². The highest BCUT2D eigenvalue weighted by Gasteiger charge is 2.23. The predicted octanol–water partition coefficient (Wildman–Crippen LogP) is 0.657. The van der Waals surface area contributed by atoms with Crippen LogP contribution < -0.4 is 5.32 Å². The minimum Gasteiger partial charge on any atom is -0.381 e. The van der Waals surface area contributed by atoms with E-state index in [9.17, 15) is 4.79 Å². The summed E-state index contributed by atoms with van der Waals surface area (Å²) in [6.45, 7) is 1.24. The summed E-state index contributed by atoms with van der Waals surface area (Å²) in [6.07, 6.45) is 2.90. The number of anilines is 1. The molecular formula is C11H14N4O2. The quantitative estimate of drug-likeness (QED) is 0.815. The number of ether oxygens (including phenoxy) is 1. The van der Waals surface area contributed by atoms with Crippen LogP contribution in [0.4, 0.5) is 5.82 Å². The number of nitrogens with one attached hydrogen (secondary N) is 1. The Morgan fingerprint density at radius 2 is 2.35 bits per heavy atom. The summed E-state index contributed by atoms with van der Waals surface area (Å²) in [5, 5.41) is 15.6. The number of hydrogen-bond donors (Lipinski definition) is 1. The number of aryl methyl sites for hydroxylation is 1. The van der Waals surface area contributed by atoms with Crippen LogP contribution in [0.3, 0.4) is 0 Å². The summed E-state index contributed by atoms with van der Waals surface area (Å²) >= 11 is 0. The van der Waals surface area contributed by atoms with Gasteiger partial charge in [0.05, 0.1) is 6.20 Å². The summed E-state index contributed by atoms with van der Waals surface area (Å²) in [4.78, 5) is 12.0. The number of nitriles is 1. The summed E-state index contributed by atoms with van der Waals surface area (Å²) in [7, 11) is 1.69. The molecule has 1 aromatic heterocycles. The van der Waals surface area contributed by atoms with Crippen molar-refractivity contribution >= 4 is 11.7 Å². The third kappa shape index (κ3) is 2.45. The standard InChI is InChI=1S/C11H14N4O2/c1-15-10(9(6-12)7-13-15)14-11(16)8-2-4-17-5-3-8/h7-8H,2-5H2,1H3,(H,14,16). The maximum absolute atomic E-state index is 12.0. The Morgan fingerprint density at radius 3 is 3.00 bits per heavy atom. The molecule has 90 valence electrons. The molecule has 6 nitrogen and oxygen atoms in total. The Kier molecular flexibility index (Phi) is 3.40. The SMILES string of the molecule is Cn1ncc(C#N)c1NC(=O)C1CCOCC1. The normalized spacial score (nSPS) is 16.5. The highest BCUT2D eigenvalue weighted by Crippen LogP contribution is 2.19. The van der Waals surface area contributed by atoms with Crippen LogP contribution in [0.2, 0.25) is 0 Å². The zero-order valence-corrected chi connectivity index (χ0v) is 9.64. The van der Waals surface area contributed by atoms with E-state index in [-0.39, 0.29) is 11.8 Å². The van der Waals surface area contributed by atoms with E-state index in [1.165, 1.54) is 10.9 Å². The molecule has 0 spiro atoms. The lowest BCUT2D eigenvalue weighted by molar-refractivity contribution is -0.122. The number of rotatable bonds is 2. The Balaban J connectivity index is 2.07. The third-order valence-corrected chi connectivity index (χ3v) is 2.89. The van der Waals surface area contributed by atoms with Gasteiger partial charge in [0.25, 0.3) is 0 Å². The van der Waals surface area contributed by atoms with E-state index < -0.39 is 0 Å². The van der Waals surface area contributed by atoms with Gasteiger partial charge in [-0.05, 0) is 12.8 Å². The summed E-state index contributed by atoms with van der Waals surface area (Å²) in [6, 6.07) is 2.00. The first-order valence-corrected chi connectivity index (χ1v) is 5.53. The topological polar surface area (TPSA) is 79.9 Å². The molecule has 0 aliphatic carbocycles. The maximum atomic E-state index is 12.0. The van der Waals surface area contributed by atoms with Crippen molar-refractivity contribution in [2.24, 2.45) is 13.0 Å². The zero-order valence-electron chi connectivity index (χ0n) is 9.64. The summed E-state index contributed by atoms with van der Waals surface area (Å²) < 4.78 is 6.70. The van der Waals surface area contributed by atoms with E-state index >= 15 is 0 Å². The van der Waals surface area contributed by atoms with E-state index in [0.29, 0.717) is 24.6 Å². The van der Waals surface area contributed by atoms with E-state index in [1.807, 2.05) is 6.07 Å². The molecule has 1 aliphatic rings. The average Bonchev–Trinajstić information content (AvgIpc) is 2.71. The molecule has 1 amide bonds. The number of aromatic nitrogens is 2. The van der Waals surface area contributed by atoms with Crippen LogP contribution in [0, 0.1) is 17.2 Å². The highest BCUT2D eigenvalue weighted by molar-refractivity contribution is 5.92. The molecule has 1 aromatic rings. The molecule has 2 rings (SSSR count). The molecule has 6 heteroatoms. The van der Waals surface area contributed by atoms with Gasteiger partial charge in [-0.25, -0.2) is 0 Å². The van der Waals surface area contributed by atoms with Crippen molar-refractivity contribution in [3.63, 3.8) is 0 Å². The van der Waals surface area contributed by atoms with Crippen LogP contribution in [-0.4, -0.2) is 28.9 Å². The zero-order chi connectivity index (χ0) is 12.3. The lowest BCUT2D eigenvalue weighted by Crippen LogP contribution is -2.29. The van der Waals surface area contributed by atoms with Crippen LogP contribution in [0.1, 0.15) is 18.4 Å². The molecule has 2 heterocycles. The number of carbonyl (C=O) groups is 1. The lowest BCUT2D eigenvalue weighted by Gasteiger charge is -2.21. The second kappa shape index (κ2) is 4.97. The monoisotopic (exact) mass is 234 g/mol. The van der Waals surface area contributed by atoms with Gasteiger partial charge in [0, 0.05) is 26.2 Å². The van der Waals surface area contributed by atoms with Crippen molar-refractivity contribution in [3.05, 3.63) is 11.8 Å². The highest BCUT2D eigenvalue weighted by atomic mass is 16.5. The molecule has 1 aliphatic heterocycles. The molecular weight excluding hydrogens is 220 g/mol. The van der Waals surface area contributed by atoms with Crippen molar-refractivity contribution < 1.29 is 9.53 Å². The minimum atomic E-state index is -0.0617. The largest absolute Gasteiger partial charge is 0.381 e. The average molecular weight is 234 g/mol. The molecule has 0 radical (unpaired) electrons. The Bertz CT molecular complexity index is 455. The van der Waals surface area contributed by atoms with E-state index in [0.717, 1.165) is 12.8 Å². The Hall–Kier alpha value is -1.87. The van der Waals surface area contributed by atoms with Crippen molar-refractivity contribution in [3.8, 4) is 6.07 Å². The van der Waals surface area contributed by atoms with Crippen LogP contribution >= 0.6 is 0 Å². The van der Waals surface area contributed by atoms with Gasteiger partial charge in [0.15, 0.2) is 0 Å². The fourth-order valence-electron chi connectivity index (χ4n) is 1.85. The molecule has 0 aromatic carbocycles. The van der Waals surface area contributed by atoms with Crippen LogP contribution in [0.5, 0.6) is 0 Å². The molecule has 1 N–H and O–H groups in total. The van der Waals surface area contributed by atoms with E-state index in [1.54, 1.807) is 7.05 Å². The maximum Gasteiger partial charge on any atom is 0.228 e. The second-order valence-corrected chi connectivity index (χ2v) is 4.02. The van der Waals surface area contributed by atoms with E-state index in [4.69, 9.17) is 10.00 Å².